The van der Waals surface area contributed by atoms with E-state index in [4.69, 9.17) is 14.2 Å². The van der Waals surface area contributed by atoms with Gasteiger partial charge in [-0.3, -0.25) is 15.1 Å². The number of hydrogen-bond donors (Lipinski definition) is 1. The number of quaternary nitrogens is 1. The van der Waals surface area contributed by atoms with E-state index in [2.05, 4.69) is 34.2 Å². The van der Waals surface area contributed by atoms with Crippen LogP contribution in [-0.2, 0) is 14.2 Å². The smallest absolute Gasteiger partial charge is 0.381 e. The van der Waals surface area contributed by atoms with Gasteiger partial charge < -0.3 is 14.2 Å². The van der Waals surface area contributed by atoms with Crippen molar-refractivity contribution >= 4 is 6.03 Å². The maximum absolute atomic E-state index is 14.2. The minimum absolute atomic E-state index is 0.212. The van der Waals surface area contributed by atoms with Gasteiger partial charge in [0.2, 0.25) is 0 Å². The second-order valence-corrected chi connectivity index (χ2v) is 12.3. The molecule has 37 heavy (non-hydrogen) atoms. The van der Waals surface area contributed by atoms with Crippen molar-refractivity contribution in [2.45, 2.75) is 94.5 Å². The van der Waals surface area contributed by atoms with Gasteiger partial charge in [0.05, 0.1) is 12.0 Å². The Bertz CT molecular complexity index is 856. The van der Waals surface area contributed by atoms with Crippen molar-refractivity contribution in [1.82, 2.24) is 15.1 Å². The lowest BCUT2D eigenvalue weighted by Crippen LogP contribution is -2.68. The third kappa shape index (κ3) is 4.72. The molecule has 0 aromatic heterocycles. The monoisotopic (exact) mass is 515 g/mol. The molecule has 8 nitrogen and oxygen atoms in total. The Hall–Kier alpha value is -1.29. The first-order valence-electron chi connectivity index (χ1n) is 14.8. The first-order chi connectivity index (χ1) is 18.0. The molecule has 1 N–H and O–H groups in total. The van der Waals surface area contributed by atoms with Gasteiger partial charge in [0.15, 0.2) is 0 Å². The van der Waals surface area contributed by atoms with Gasteiger partial charge in [0.1, 0.15) is 23.5 Å². The fourth-order valence-electron chi connectivity index (χ4n) is 8.24. The zero-order valence-corrected chi connectivity index (χ0v) is 23.0. The third-order valence-electron chi connectivity index (χ3n) is 10.5. The van der Waals surface area contributed by atoms with Crippen LogP contribution in [0.1, 0.15) is 64.7 Å². The highest BCUT2D eigenvalue weighted by molar-refractivity contribution is 5.76. The van der Waals surface area contributed by atoms with Crippen LogP contribution in [-0.4, -0.2) is 110 Å². The summed E-state index contributed by atoms with van der Waals surface area (Å²) < 4.78 is 17.8. The summed E-state index contributed by atoms with van der Waals surface area (Å²) in [5.41, 5.74) is 1.96. The van der Waals surface area contributed by atoms with Gasteiger partial charge in [0, 0.05) is 97.5 Å². The average Bonchev–Trinajstić information content (AvgIpc) is 3.25. The Morgan fingerprint density at radius 2 is 1.35 bits per heavy atom. The number of allylic oxidation sites excluding steroid dienone is 1. The molecule has 0 spiro atoms. The number of carbonyl (C=O) groups is 1. The Labute approximate surface area is 222 Å². The van der Waals surface area contributed by atoms with Crippen molar-refractivity contribution in [2.75, 3.05) is 59.7 Å². The molecule has 5 heterocycles. The first-order valence-corrected chi connectivity index (χ1v) is 14.8. The lowest BCUT2D eigenvalue weighted by Gasteiger charge is -2.52. The van der Waals surface area contributed by atoms with Gasteiger partial charge in [-0.2, -0.15) is 0 Å². The van der Waals surface area contributed by atoms with E-state index in [0.29, 0.717) is 28.7 Å². The van der Waals surface area contributed by atoms with Crippen LogP contribution in [0.3, 0.4) is 0 Å². The van der Waals surface area contributed by atoms with Gasteiger partial charge in [0.25, 0.3) is 0 Å². The summed E-state index contributed by atoms with van der Waals surface area (Å²) in [6.45, 7) is 10.0. The fraction of sp³-hybridized carbons (Fsp3) is 0.828. The molecule has 0 radical (unpaired) electrons. The highest BCUT2D eigenvalue weighted by atomic mass is 16.5. The molecule has 0 aromatic rings. The Balaban J connectivity index is 1.25. The topological polar surface area (TPSA) is 63.3 Å². The summed E-state index contributed by atoms with van der Waals surface area (Å²) >= 11 is 0. The summed E-state index contributed by atoms with van der Waals surface area (Å²) in [5.74, 6) is 0. The van der Waals surface area contributed by atoms with Crippen LogP contribution in [0.2, 0.25) is 0 Å². The Morgan fingerprint density at radius 3 is 1.81 bits per heavy atom. The van der Waals surface area contributed by atoms with E-state index in [1.54, 1.807) is 7.11 Å². The number of carbonyl (C=O) groups excluding carboxylic acids is 1. The number of nitrogens with zero attached hydrogens (tertiary/aromatic N) is 3. The fourth-order valence-corrected chi connectivity index (χ4v) is 8.24. The molecule has 1 atom stereocenters. The van der Waals surface area contributed by atoms with Gasteiger partial charge in [-0.05, 0) is 38.7 Å². The number of urea groups is 1. The highest BCUT2D eigenvalue weighted by Gasteiger charge is 2.60. The first kappa shape index (κ1) is 26.0. The van der Waals surface area contributed by atoms with Crippen LogP contribution in [0.15, 0.2) is 23.5 Å². The van der Waals surface area contributed by atoms with Crippen LogP contribution in [0.4, 0.5) is 4.79 Å². The van der Waals surface area contributed by atoms with Crippen molar-refractivity contribution in [3.8, 4) is 0 Å². The van der Waals surface area contributed by atoms with Crippen molar-refractivity contribution < 1.29 is 23.5 Å². The van der Waals surface area contributed by atoms with E-state index in [9.17, 15) is 4.79 Å². The summed E-state index contributed by atoms with van der Waals surface area (Å²) in [7, 11) is 1.80. The van der Waals surface area contributed by atoms with Crippen LogP contribution in [0.25, 0.3) is 0 Å². The second-order valence-electron chi connectivity index (χ2n) is 12.3. The summed E-state index contributed by atoms with van der Waals surface area (Å²) in [6, 6.07) is 2.15. The van der Waals surface area contributed by atoms with Crippen molar-refractivity contribution in [3.05, 3.63) is 23.5 Å². The lowest BCUT2D eigenvalue weighted by molar-refractivity contribution is -0.866. The van der Waals surface area contributed by atoms with Crippen LogP contribution in [0.5, 0.6) is 0 Å². The quantitative estimate of drug-likeness (QED) is 0.567. The van der Waals surface area contributed by atoms with E-state index >= 15 is 0 Å². The number of likely N-dealkylation sites (tertiary alicyclic amines) is 2. The minimum Gasteiger partial charge on any atom is -0.381 e. The predicted octanol–water partition coefficient (Wildman–Crippen LogP) is 3.39. The summed E-state index contributed by atoms with van der Waals surface area (Å²) in [5, 5.41) is 3.36. The molecule has 4 saturated heterocycles. The maximum Gasteiger partial charge on any atom is 0.426 e. The number of ether oxygens (including phenoxy) is 3. The molecule has 4 fully saturated rings. The molecule has 0 aromatic carbocycles. The summed E-state index contributed by atoms with van der Waals surface area (Å²) in [6.07, 6.45) is 13.9. The van der Waals surface area contributed by atoms with E-state index in [1.165, 1.54) is 5.70 Å². The molecule has 206 valence electrons. The number of amides is 2. The van der Waals surface area contributed by atoms with Crippen molar-refractivity contribution in [2.24, 2.45) is 0 Å². The molecule has 1 unspecified atom stereocenters. The third-order valence-corrected chi connectivity index (χ3v) is 10.5. The number of hydrogen-bond acceptors (Lipinski definition) is 6. The zero-order chi connectivity index (χ0) is 25.5. The van der Waals surface area contributed by atoms with Gasteiger partial charge in [-0.1, -0.05) is 6.08 Å². The SMILES string of the molecule is COC1(C)C=CC2=C(C1)[N+](C1CCN(C3CCOCC3)CC1)(C1CCN(C3CCOCC3)CC1)C(=O)N2. The van der Waals surface area contributed by atoms with E-state index in [-0.39, 0.29) is 11.6 Å². The zero-order valence-electron chi connectivity index (χ0n) is 23.0. The van der Waals surface area contributed by atoms with Crippen LogP contribution in [0, 0.1) is 0 Å². The number of piperidine rings is 2. The molecule has 6 rings (SSSR count). The molecule has 2 amide bonds. The number of rotatable bonds is 5. The largest absolute Gasteiger partial charge is 0.426 e. The van der Waals surface area contributed by atoms with Crippen molar-refractivity contribution in [3.63, 3.8) is 0 Å². The molecule has 0 saturated carbocycles. The molecule has 8 heteroatoms. The minimum atomic E-state index is -0.361. The average molecular weight is 516 g/mol. The van der Waals surface area contributed by atoms with E-state index < -0.39 is 0 Å². The molecular formula is C29H47N4O4+. The number of nitrogens with one attached hydrogen (secondary N) is 1. The number of methoxy groups -OCH3 is 1. The Kier molecular flexibility index (Phi) is 7.51. The van der Waals surface area contributed by atoms with Crippen LogP contribution < -0.4 is 5.32 Å². The van der Waals surface area contributed by atoms with E-state index in [0.717, 1.165) is 116 Å². The predicted molar refractivity (Wildman–Crippen MR) is 142 cm³/mol. The van der Waals surface area contributed by atoms with E-state index in [1.807, 2.05) is 0 Å². The van der Waals surface area contributed by atoms with Crippen molar-refractivity contribution in [1.29, 1.82) is 0 Å². The highest BCUT2D eigenvalue weighted by Crippen LogP contribution is 2.47. The second kappa shape index (κ2) is 10.7. The summed E-state index contributed by atoms with van der Waals surface area (Å²) in [4.78, 5) is 19.6. The molecule has 1 aliphatic carbocycles. The molecule has 5 aliphatic heterocycles. The van der Waals surface area contributed by atoms with Gasteiger partial charge in [-0.25, -0.2) is 9.28 Å². The molecular weight excluding hydrogens is 468 g/mol. The van der Waals surface area contributed by atoms with Crippen LogP contribution >= 0.6 is 0 Å². The normalized spacial score (nSPS) is 33.6. The van der Waals surface area contributed by atoms with Gasteiger partial charge >= 0.3 is 6.03 Å². The lowest BCUT2D eigenvalue weighted by atomic mass is 9.86. The van der Waals surface area contributed by atoms with Gasteiger partial charge in [-0.15, -0.1) is 0 Å². The maximum atomic E-state index is 14.2. The molecule has 0 bridgehead atoms. The molecule has 6 aliphatic rings. The Morgan fingerprint density at radius 1 is 0.865 bits per heavy atom. The standard InChI is InChI=1S/C29H46N4O4/c1-29(35-2)12-3-26-27(21-29)33(28(34)30-26,24-4-13-31(14-5-24)22-8-17-36-18-9-22)25-6-15-32(16-7-25)23-10-19-37-20-11-23/h3,12,22-25H,4-11,13-21H2,1-2H3/p+1.